The van der Waals surface area contributed by atoms with Crippen molar-refractivity contribution in [1.29, 1.82) is 0 Å². The highest BCUT2D eigenvalue weighted by Gasteiger charge is 1.98. The van der Waals surface area contributed by atoms with E-state index in [1.165, 1.54) is 12.3 Å². The van der Waals surface area contributed by atoms with Gasteiger partial charge in [-0.25, -0.2) is 4.39 Å². The van der Waals surface area contributed by atoms with Crippen LogP contribution in [0.25, 0.3) is 0 Å². The lowest BCUT2D eigenvalue weighted by Crippen LogP contribution is -1.89. The SMILES string of the molecule is CCO/N=C/c1ccc(Br)cc1F. The highest BCUT2D eigenvalue weighted by Crippen LogP contribution is 2.13. The molecule has 1 aromatic rings. The summed E-state index contributed by atoms with van der Waals surface area (Å²) in [5.41, 5.74) is 0.414. The summed E-state index contributed by atoms with van der Waals surface area (Å²) in [6.07, 6.45) is 1.35. The second kappa shape index (κ2) is 4.97. The standard InChI is InChI=1S/C9H9BrFNO/c1-2-13-12-6-7-3-4-8(10)5-9(7)11/h3-6H,2H2,1H3/b12-6+. The van der Waals surface area contributed by atoms with Crippen molar-refractivity contribution in [3.63, 3.8) is 0 Å². The number of oxime groups is 1. The van der Waals surface area contributed by atoms with E-state index >= 15 is 0 Å². The third kappa shape index (κ3) is 3.14. The fourth-order valence-electron chi connectivity index (χ4n) is 0.775. The van der Waals surface area contributed by atoms with Gasteiger partial charge >= 0.3 is 0 Å². The molecule has 0 amide bonds. The molecule has 1 aromatic carbocycles. The Morgan fingerprint density at radius 2 is 2.38 bits per heavy atom. The van der Waals surface area contributed by atoms with Gasteiger partial charge in [0.1, 0.15) is 12.4 Å². The van der Waals surface area contributed by atoms with Crippen molar-refractivity contribution in [3.05, 3.63) is 34.1 Å². The molecule has 4 heteroatoms. The third-order valence-corrected chi connectivity index (χ3v) is 1.85. The normalized spacial score (nSPS) is 10.7. The molecule has 0 aromatic heterocycles. The summed E-state index contributed by atoms with van der Waals surface area (Å²) in [5, 5.41) is 3.57. The molecular formula is C9H9BrFNO. The first-order chi connectivity index (χ1) is 6.24. The van der Waals surface area contributed by atoms with E-state index in [1.54, 1.807) is 12.1 Å². The van der Waals surface area contributed by atoms with Crippen LogP contribution < -0.4 is 0 Å². The molecule has 0 saturated heterocycles. The zero-order valence-electron chi connectivity index (χ0n) is 7.13. The van der Waals surface area contributed by atoms with Gasteiger partial charge in [-0.2, -0.15) is 0 Å². The first-order valence-corrected chi connectivity index (χ1v) is 4.63. The number of nitrogens with zero attached hydrogens (tertiary/aromatic N) is 1. The molecule has 0 N–H and O–H groups in total. The van der Waals surface area contributed by atoms with Gasteiger partial charge in [-0.3, -0.25) is 0 Å². The van der Waals surface area contributed by atoms with Crippen LogP contribution in [0.15, 0.2) is 27.8 Å². The Morgan fingerprint density at radius 3 is 3.00 bits per heavy atom. The maximum absolute atomic E-state index is 13.1. The lowest BCUT2D eigenvalue weighted by Gasteiger charge is -1.96. The van der Waals surface area contributed by atoms with Crippen LogP contribution in [0.2, 0.25) is 0 Å². The van der Waals surface area contributed by atoms with Crippen LogP contribution in [-0.2, 0) is 4.84 Å². The monoisotopic (exact) mass is 245 g/mol. The molecule has 70 valence electrons. The lowest BCUT2D eigenvalue weighted by molar-refractivity contribution is 0.160. The molecule has 0 spiro atoms. The van der Waals surface area contributed by atoms with Crippen molar-refractivity contribution >= 4 is 22.1 Å². The van der Waals surface area contributed by atoms with Gasteiger partial charge in [-0.1, -0.05) is 21.1 Å². The molecule has 0 saturated carbocycles. The molecule has 0 heterocycles. The molecule has 0 aliphatic heterocycles. The summed E-state index contributed by atoms with van der Waals surface area (Å²) in [6, 6.07) is 4.76. The van der Waals surface area contributed by atoms with Crippen LogP contribution in [0.1, 0.15) is 12.5 Å². The van der Waals surface area contributed by atoms with Crippen molar-refractivity contribution < 1.29 is 9.23 Å². The van der Waals surface area contributed by atoms with Crippen LogP contribution >= 0.6 is 15.9 Å². The molecule has 0 unspecified atom stereocenters. The first-order valence-electron chi connectivity index (χ1n) is 3.84. The van der Waals surface area contributed by atoms with Gasteiger partial charge in [-0.15, -0.1) is 0 Å². The summed E-state index contributed by atoms with van der Waals surface area (Å²) in [6.45, 7) is 2.30. The van der Waals surface area contributed by atoms with Gasteiger partial charge in [0.25, 0.3) is 0 Å². The Balaban J connectivity index is 2.77. The molecule has 0 aliphatic rings. The van der Waals surface area contributed by atoms with Crippen LogP contribution in [0.5, 0.6) is 0 Å². The summed E-state index contributed by atoms with van der Waals surface area (Å²) in [4.78, 5) is 4.71. The minimum absolute atomic E-state index is 0.321. The average molecular weight is 246 g/mol. The number of benzene rings is 1. The summed E-state index contributed by atoms with van der Waals surface area (Å²) >= 11 is 3.16. The largest absolute Gasteiger partial charge is 0.396 e. The lowest BCUT2D eigenvalue weighted by atomic mass is 10.2. The van der Waals surface area contributed by atoms with Crippen molar-refractivity contribution in [1.82, 2.24) is 0 Å². The van der Waals surface area contributed by atoms with Gasteiger partial charge in [0, 0.05) is 10.0 Å². The fourth-order valence-corrected chi connectivity index (χ4v) is 1.11. The molecule has 1 rings (SSSR count). The predicted molar refractivity (Wildman–Crippen MR) is 53.3 cm³/mol. The molecule has 13 heavy (non-hydrogen) atoms. The van der Waals surface area contributed by atoms with E-state index in [9.17, 15) is 4.39 Å². The van der Waals surface area contributed by atoms with E-state index in [0.29, 0.717) is 16.6 Å². The minimum Gasteiger partial charge on any atom is -0.396 e. The second-order valence-electron chi connectivity index (χ2n) is 2.32. The van der Waals surface area contributed by atoms with Gasteiger partial charge < -0.3 is 4.84 Å². The van der Waals surface area contributed by atoms with Crippen LogP contribution in [-0.4, -0.2) is 12.8 Å². The highest BCUT2D eigenvalue weighted by atomic mass is 79.9. The number of hydrogen-bond acceptors (Lipinski definition) is 2. The predicted octanol–water partition coefficient (Wildman–Crippen LogP) is 2.96. The molecule has 0 bridgehead atoms. The Labute approximate surface area is 84.5 Å². The van der Waals surface area contributed by atoms with Crippen LogP contribution in [0, 0.1) is 5.82 Å². The van der Waals surface area contributed by atoms with Crippen LogP contribution in [0.3, 0.4) is 0 Å². The Bertz CT molecular complexity index is 314. The molecular weight excluding hydrogens is 237 g/mol. The smallest absolute Gasteiger partial charge is 0.133 e. The van der Waals surface area contributed by atoms with E-state index < -0.39 is 0 Å². The van der Waals surface area contributed by atoms with Gasteiger partial charge in [0.05, 0.1) is 6.21 Å². The molecule has 2 nitrogen and oxygen atoms in total. The summed E-state index contributed by atoms with van der Waals surface area (Å²) in [7, 11) is 0. The molecule has 0 aliphatic carbocycles. The quantitative estimate of drug-likeness (QED) is 0.593. The molecule has 0 radical (unpaired) electrons. The zero-order chi connectivity index (χ0) is 9.68. The van der Waals surface area contributed by atoms with E-state index in [4.69, 9.17) is 4.84 Å². The molecule has 0 atom stereocenters. The zero-order valence-corrected chi connectivity index (χ0v) is 8.71. The maximum Gasteiger partial charge on any atom is 0.133 e. The number of halogens is 2. The van der Waals surface area contributed by atoms with Crippen molar-refractivity contribution in [2.75, 3.05) is 6.61 Å². The fraction of sp³-hybridized carbons (Fsp3) is 0.222. The van der Waals surface area contributed by atoms with Gasteiger partial charge in [0.2, 0.25) is 0 Å². The first kappa shape index (κ1) is 10.2. The Kier molecular flexibility index (Phi) is 3.89. The number of hydrogen-bond donors (Lipinski definition) is 0. The Hall–Kier alpha value is -0.900. The topological polar surface area (TPSA) is 21.6 Å². The van der Waals surface area contributed by atoms with E-state index in [0.717, 1.165) is 0 Å². The summed E-state index contributed by atoms with van der Waals surface area (Å²) < 4.78 is 13.8. The third-order valence-electron chi connectivity index (χ3n) is 1.36. The highest BCUT2D eigenvalue weighted by molar-refractivity contribution is 9.10. The Morgan fingerprint density at radius 1 is 1.62 bits per heavy atom. The molecule has 0 fully saturated rings. The number of rotatable bonds is 3. The van der Waals surface area contributed by atoms with Crippen molar-refractivity contribution in [2.24, 2.45) is 5.16 Å². The van der Waals surface area contributed by atoms with Crippen molar-refractivity contribution in [3.8, 4) is 0 Å². The minimum atomic E-state index is -0.321. The van der Waals surface area contributed by atoms with E-state index in [2.05, 4.69) is 21.1 Å². The van der Waals surface area contributed by atoms with Gasteiger partial charge in [0.15, 0.2) is 0 Å². The summed E-state index contributed by atoms with van der Waals surface area (Å²) in [5.74, 6) is -0.321. The second-order valence-corrected chi connectivity index (χ2v) is 3.23. The van der Waals surface area contributed by atoms with E-state index in [1.807, 2.05) is 6.92 Å². The van der Waals surface area contributed by atoms with E-state index in [-0.39, 0.29) is 5.82 Å². The van der Waals surface area contributed by atoms with Crippen LogP contribution in [0.4, 0.5) is 4.39 Å². The van der Waals surface area contributed by atoms with Crippen molar-refractivity contribution in [2.45, 2.75) is 6.92 Å². The maximum atomic E-state index is 13.1. The van der Waals surface area contributed by atoms with Gasteiger partial charge in [-0.05, 0) is 25.1 Å². The average Bonchev–Trinajstić information content (AvgIpc) is 2.09.